The molecule has 0 amide bonds. The Kier molecular flexibility index (Phi) is 30.7. The third-order valence-electron chi connectivity index (χ3n) is 21.9. The summed E-state index contributed by atoms with van der Waals surface area (Å²) in [7, 11) is 0. The fourth-order valence-electron chi connectivity index (χ4n) is 15.7. The first-order valence-electron chi connectivity index (χ1n) is 40.3. The highest BCUT2D eigenvalue weighted by molar-refractivity contribution is 7.26. The third-order valence-corrected chi connectivity index (χ3v) is 30.2. The van der Waals surface area contributed by atoms with Crippen LogP contribution in [0.4, 0.5) is 8.78 Å². The molecule has 0 spiro atoms. The van der Waals surface area contributed by atoms with Crippen LogP contribution in [0.2, 0.25) is 0 Å². The third kappa shape index (κ3) is 19.2. The minimum Gasteiger partial charge on any atom is -0.207 e. The number of aryl methyl sites for hydroxylation is 6. The lowest BCUT2D eigenvalue weighted by atomic mass is 9.92. The van der Waals surface area contributed by atoms with Gasteiger partial charge in [-0.2, -0.15) is 17.5 Å². The van der Waals surface area contributed by atoms with Gasteiger partial charge in [0.25, 0.3) is 0 Å². The lowest BCUT2D eigenvalue weighted by molar-refractivity contribution is 0.450. The standard InChI is InChI=1S/C88H116F2N4S8/c1-11-19-25-29-31-33-35-39-45-63-52-73(65-54-69(89)58(10)81-82(65)92-101-91-81)98-85(63)86-64(46-40-36-34-32-30-26-20-12-2)53-74(99-86)66-55-70(90)80(84-83(66)93-102-94-84)77-56-68-79(76-51-62(44-38-28-22-14-4)72(97-76)49-60(18-8)42-24-16-6)87-67(47-57(9)95-87)78(88(68)100-77)75-50-61(43-37-27-21-13-3)71(96-75)48-59(17-7)41-23-15-5/h47,50-56,59-60H,11-46,48-49H2,1-10H3. The molecule has 11 rings (SSSR count). The van der Waals surface area contributed by atoms with Crippen LogP contribution in [0.3, 0.4) is 0 Å². The molecule has 0 saturated carbocycles. The molecule has 8 aromatic heterocycles. The molecule has 8 heterocycles. The number of fused-ring (bicyclic) bond motifs is 4. The second-order valence-electron chi connectivity index (χ2n) is 29.8. The molecule has 0 saturated heterocycles. The van der Waals surface area contributed by atoms with Crippen molar-refractivity contribution in [1.29, 1.82) is 0 Å². The van der Waals surface area contributed by atoms with Gasteiger partial charge >= 0.3 is 0 Å². The average Bonchev–Trinajstić information content (AvgIpc) is 1.55. The van der Waals surface area contributed by atoms with E-state index in [2.05, 4.69) is 126 Å². The molecule has 3 aromatic carbocycles. The van der Waals surface area contributed by atoms with Crippen LogP contribution in [0.15, 0.2) is 48.5 Å². The van der Waals surface area contributed by atoms with Gasteiger partial charge in [-0.3, -0.25) is 0 Å². The largest absolute Gasteiger partial charge is 0.207 e. The number of nitrogens with zero attached hydrogens (tertiary/aromatic N) is 4. The minimum absolute atomic E-state index is 0.245. The number of hydrogen-bond acceptors (Lipinski definition) is 12. The Morgan fingerprint density at radius 1 is 0.333 bits per heavy atom. The molecule has 4 nitrogen and oxygen atoms in total. The topological polar surface area (TPSA) is 51.6 Å². The normalized spacial score (nSPS) is 12.7. The predicted octanol–water partition coefficient (Wildman–Crippen LogP) is 32.4. The number of benzene rings is 3. The fraction of sp³-hybridized carbons (Fsp3) is 0.568. The highest BCUT2D eigenvalue weighted by Gasteiger charge is 2.30. The van der Waals surface area contributed by atoms with E-state index in [1.807, 2.05) is 24.3 Å². The second-order valence-corrected chi connectivity index (χ2v) is 37.5. The number of hydrogen-bond donors (Lipinski definition) is 0. The van der Waals surface area contributed by atoms with Crippen molar-refractivity contribution in [1.82, 2.24) is 17.5 Å². The van der Waals surface area contributed by atoms with Gasteiger partial charge in [0.05, 0.1) is 29.0 Å². The maximum Gasteiger partial charge on any atom is 0.134 e. The molecule has 0 bridgehead atoms. The Morgan fingerprint density at radius 3 is 1.18 bits per heavy atom. The summed E-state index contributed by atoms with van der Waals surface area (Å²) in [6.45, 7) is 22.8. The summed E-state index contributed by atoms with van der Waals surface area (Å²) < 4.78 is 57.0. The Labute approximate surface area is 644 Å². The van der Waals surface area contributed by atoms with Gasteiger partial charge in [-0.1, -0.05) is 235 Å². The Morgan fingerprint density at radius 2 is 0.706 bits per heavy atom. The molecule has 14 heteroatoms. The predicted molar refractivity (Wildman–Crippen MR) is 455 cm³/mol. The zero-order valence-electron chi connectivity index (χ0n) is 63.5. The molecule has 550 valence electrons. The van der Waals surface area contributed by atoms with Crippen molar-refractivity contribution in [2.24, 2.45) is 11.8 Å². The van der Waals surface area contributed by atoms with Gasteiger partial charge in [0, 0.05) is 96.8 Å². The van der Waals surface area contributed by atoms with Crippen LogP contribution in [0, 0.1) is 37.3 Å². The summed E-state index contributed by atoms with van der Waals surface area (Å²) in [5, 5.41) is 2.58. The maximum atomic E-state index is 18.7. The summed E-state index contributed by atoms with van der Waals surface area (Å²) in [4.78, 5) is 12.7. The molecular formula is C88H116F2N4S8. The van der Waals surface area contributed by atoms with Crippen LogP contribution in [0.1, 0.15) is 303 Å². The fourth-order valence-corrected chi connectivity index (χ4v) is 24.8. The molecule has 0 radical (unpaired) electrons. The molecule has 2 unspecified atom stereocenters. The van der Waals surface area contributed by atoms with E-state index in [-0.39, 0.29) is 11.6 Å². The van der Waals surface area contributed by atoms with Crippen molar-refractivity contribution in [3.8, 4) is 62.0 Å². The first kappa shape index (κ1) is 78.9. The van der Waals surface area contributed by atoms with E-state index >= 15 is 8.78 Å². The molecule has 0 aliphatic carbocycles. The van der Waals surface area contributed by atoms with Crippen molar-refractivity contribution in [3.63, 3.8) is 0 Å². The van der Waals surface area contributed by atoms with Gasteiger partial charge in [0.1, 0.15) is 33.7 Å². The van der Waals surface area contributed by atoms with Gasteiger partial charge in [-0.25, -0.2) is 8.78 Å². The molecular weight excluding hydrogens is 1410 g/mol. The van der Waals surface area contributed by atoms with Crippen molar-refractivity contribution in [2.75, 3.05) is 0 Å². The Hall–Kier alpha value is -4.12. The molecule has 0 aliphatic rings. The number of halogens is 2. The molecule has 11 aromatic rings. The summed E-state index contributed by atoms with van der Waals surface area (Å²) in [6, 6.07) is 18.4. The van der Waals surface area contributed by atoms with E-state index in [0.29, 0.717) is 34.0 Å². The quantitative estimate of drug-likeness (QED) is 0.0357. The van der Waals surface area contributed by atoms with Crippen LogP contribution in [0.25, 0.3) is 104 Å². The zero-order valence-corrected chi connectivity index (χ0v) is 70.0. The highest BCUT2D eigenvalue weighted by Crippen LogP contribution is 2.56. The Bertz CT molecular complexity index is 4300. The highest BCUT2D eigenvalue weighted by atomic mass is 32.1. The smallest absolute Gasteiger partial charge is 0.134 e. The summed E-state index contributed by atoms with van der Waals surface area (Å²) in [5.41, 5.74) is 13.9. The second kappa shape index (κ2) is 39.6. The van der Waals surface area contributed by atoms with Gasteiger partial charge in [0.2, 0.25) is 0 Å². The van der Waals surface area contributed by atoms with Gasteiger partial charge in [0.15, 0.2) is 0 Å². The summed E-state index contributed by atoms with van der Waals surface area (Å²) in [5.74, 6) is 0.843. The first-order chi connectivity index (χ1) is 49.9. The van der Waals surface area contributed by atoms with Gasteiger partial charge in [-0.15, -0.1) is 68.0 Å². The van der Waals surface area contributed by atoms with Crippen LogP contribution in [0.5, 0.6) is 0 Å². The van der Waals surface area contributed by atoms with E-state index in [1.165, 1.54) is 271 Å². The van der Waals surface area contributed by atoms with Crippen LogP contribution >= 0.6 is 91.5 Å². The summed E-state index contributed by atoms with van der Waals surface area (Å²) >= 11 is 13.8. The van der Waals surface area contributed by atoms with Crippen LogP contribution in [-0.4, -0.2) is 17.5 Å². The molecule has 0 aliphatic heterocycles. The summed E-state index contributed by atoms with van der Waals surface area (Å²) in [6.07, 6.45) is 46.2. The monoisotopic (exact) mass is 1520 g/mol. The SMILES string of the molecule is CCCCCCCCCCc1cc(-c2cc(F)c(C)c3nsnc23)sc1-c1sc(-c2cc(F)c(-c3cc4c(-c5cc(CCCCCC)c(CC(CC)CCCC)s5)c5sc(C)cc5c(-c5cc(CCCCCC)c(CC(CC)CCCC)s5)c4s3)c3nsnc23)cc1CCCCCCCCCC. The van der Waals surface area contributed by atoms with Crippen molar-refractivity contribution in [2.45, 2.75) is 313 Å². The lowest BCUT2D eigenvalue weighted by Gasteiger charge is -2.14. The number of aromatic nitrogens is 4. The van der Waals surface area contributed by atoms with E-state index in [0.717, 1.165) is 99.9 Å². The number of rotatable bonds is 46. The molecule has 102 heavy (non-hydrogen) atoms. The van der Waals surface area contributed by atoms with E-state index < -0.39 is 0 Å². The van der Waals surface area contributed by atoms with Crippen molar-refractivity contribution >= 4 is 134 Å². The van der Waals surface area contributed by atoms with Gasteiger partial charge in [-0.05, 0) is 161 Å². The van der Waals surface area contributed by atoms with E-state index in [9.17, 15) is 0 Å². The molecule has 0 N–H and O–H groups in total. The van der Waals surface area contributed by atoms with E-state index in [1.54, 1.807) is 61.0 Å². The molecule has 2 atom stereocenters. The number of unbranched alkanes of at least 4 members (excludes halogenated alkanes) is 22. The Balaban J connectivity index is 1.07. The first-order valence-corrected chi connectivity index (χ1v) is 46.7. The van der Waals surface area contributed by atoms with Gasteiger partial charge < -0.3 is 0 Å². The zero-order chi connectivity index (χ0) is 71.5. The minimum atomic E-state index is -0.246. The molecule has 0 fully saturated rings. The van der Waals surface area contributed by atoms with E-state index in [4.69, 9.17) is 13.1 Å². The van der Waals surface area contributed by atoms with Crippen molar-refractivity contribution in [3.05, 3.63) is 103 Å². The number of thiophene rings is 6. The lowest BCUT2D eigenvalue weighted by Crippen LogP contribution is -2.04. The van der Waals surface area contributed by atoms with Crippen molar-refractivity contribution < 1.29 is 8.78 Å². The average molecular weight is 1520 g/mol. The van der Waals surface area contributed by atoms with Crippen LogP contribution < -0.4 is 0 Å². The van der Waals surface area contributed by atoms with Crippen LogP contribution in [-0.2, 0) is 38.5 Å². The maximum absolute atomic E-state index is 18.7.